The normalized spacial score (nSPS) is 13.2. The molecule has 0 radical (unpaired) electrons. The van der Waals surface area contributed by atoms with Gasteiger partial charge in [-0.2, -0.15) is 10.1 Å². The first-order valence-corrected chi connectivity index (χ1v) is 8.82. The molecule has 0 spiro atoms. The van der Waals surface area contributed by atoms with Gasteiger partial charge in [-0.15, -0.1) is 0 Å². The number of methoxy groups -OCH3 is 1. The van der Waals surface area contributed by atoms with Crippen LogP contribution in [0, 0.1) is 0 Å². The fourth-order valence-electron chi connectivity index (χ4n) is 3.17. The highest BCUT2D eigenvalue weighted by molar-refractivity contribution is 6.30. The van der Waals surface area contributed by atoms with Crippen LogP contribution in [0.1, 0.15) is 22.6 Å². The molecule has 0 aliphatic carbocycles. The Kier molecular flexibility index (Phi) is 4.67. The zero-order valence-electron chi connectivity index (χ0n) is 15.0. The van der Waals surface area contributed by atoms with Crippen molar-refractivity contribution in [3.8, 4) is 11.6 Å². The predicted molar refractivity (Wildman–Crippen MR) is 96.6 cm³/mol. The Morgan fingerprint density at radius 3 is 2.81 bits per heavy atom. The molecule has 2 aromatic heterocycles. The summed E-state index contributed by atoms with van der Waals surface area (Å²) in [5.41, 5.74) is 3.46. The standard InChI is InChI=1S/C18H18ClN5O3/c1-23-14-9-24(16(25)7-11-3-5-12(19)6-4-11)8-13(14)17(21-23)18-20-15(10-26-2)22-27-18/h3-6H,7-10H2,1-2H3. The Labute approximate surface area is 160 Å². The molecule has 3 aromatic rings. The van der Waals surface area contributed by atoms with Gasteiger partial charge in [0.2, 0.25) is 5.91 Å². The molecule has 1 aliphatic rings. The Hall–Kier alpha value is -2.71. The minimum absolute atomic E-state index is 0.0464. The molecule has 1 aromatic carbocycles. The van der Waals surface area contributed by atoms with Crippen LogP contribution in [0.15, 0.2) is 28.8 Å². The highest BCUT2D eigenvalue weighted by Gasteiger charge is 2.32. The summed E-state index contributed by atoms with van der Waals surface area (Å²) >= 11 is 5.90. The molecule has 0 N–H and O–H groups in total. The Bertz CT molecular complexity index is 980. The van der Waals surface area contributed by atoms with Crippen LogP contribution >= 0.6 is 11.6 Å². The number of hydrogen-bond acceptors (Lipinski definition) is 6. The minimum Gasteiger partial charge on any atom is -0.377 e. The van der Waals surface area contributed by atoms with Gasteiger partial charge in [-0.25, -0.2) is 0 Å². The van der Waals surface area contributed by atoms with E-state index in [1.807, 2.05) is 19.2 Å². The summed E-state index contributed by atoms with van der Waals surface area (Å²) in [7, 11) is 3.42. The third-order valence-corrected chi connectivity index (χ3v) is 4.78. The Morgan fingerprint density at radius 1 is 1.30 bits per heavy atom. The van der Waals surface area contributed by atoms with Crippen LogP contribution in [-0.2, 0) is 42.7 Å². The summed E-state index contributed by atoms with van der Waals surface area (Å²) in [5, 5.41) is 9.03. The van der Waals surface area contributed by atoms with Crippen molar-refractivity contribution in [3.05, 3.63) is 51.9 Å². The summed E-state index contributed by atoms with van der Waals surface area (Å²) in [6.45, 7) is 1.24. The number of halogens is 1. The van der Waals surface area contributed by atoms with Crippen molar-refractivity contribution in [2.75, 3.05) is 7.11 Å². The van der Waals surface area contributed by atoms with Crippen LogP contribution < -0.4 is 0 Å². The third-order valence-electron chi connectivity index (χ3n) is 4.53. The summed E-state index contributed by atoms with van der Waals surface area (Å²) in [6, 6.07) is 7.31. The van der Waals surface area contributed by atoms with E-state index in [0.29, 0.717) is 41.9 Å². The van der Waals surface area contributed by atoms with Crippen molar-refractivity contribution >= 4 is 17.5 Å². The number of fused-ring (bicyclic) bond motifs is 1. The second kappa shape index (κ2) is 7.13. The van der Waals surface area contributed by atoms with E-state index in [1.54, 1.807) is 28.8 Å². The van der Waals surface area contributed by atoms with Gasteiger partial charge in [0.15, 0.2) is 11.5 Å². The summed E-state index contributed by atoms with van der Waals surface area (Å²) < 4.78 is 12.1. The number of aryl methyl sites for hydroxylation is 1. The molecule has 3 heterocycles. The number of rotatable bonds is 5. The molecule has 27 heavy (non-hydrogen) atoms. The second-order valence-corrected chi connectivity index (χ2v) is 6.84. The Morgan fingerprint density at radius 2 is 2.07 bits per heavy atom. The first kappa shape index (κ1) is 17.7. The van der Waals surface area contributed by atoms with Gasteiger partial charge in [0.25, 0.3) is 5.89 Å². The van der Waals surface area contributed by atoms with E-state index < -0.39 is 0 Å². The highest BCUT2D eigenvalue weighted by atomic mass is 35.5. The zero-order valence-corrected chi connectivity index (χ0v) is 15.7. The molecular formula is C18H18ClN5O3. The van der Waals surface area contributed by atoms with Gasteiger partial charge in [0, 0.05) is 24.7 Å². The summed E-state index contributed by atoms with van der Waals surface area (Å²) in [4.78, 5) is 18.8. The number of benzene rings is 1. The third kappa shape index (κ3) is 3.45. The van der Waals surface area contributed by atoms with Gasteiger partial charge in [0.05, 0.1) is 25.2 Å². The molecule has 1 aliphatic heterocycles. The van der Waals surface area contributed by atoms with E-state index in [0.717, 1.165) is 16.8 Å². The molecule has 8 nitrogen and oxygen atoms in total. The molecule has 0 atom stereocenters. The molecule has 0 saturated carbocycles. The minimum atomic E-state index is 0.0464. The monoisotopic (exact) mass is 387 g/mol. The lowest BCUT2D eigenvalue weighted by Crippen LogP contribution is -2.27. The van der Waals surface area contributed by atoms with Crippen molar-refractivity contribution in [2.24, 2.45) is 7.05 Å². The topological polar surface area (TPSA) is 86.3 Å². The predicted octanol–water partition coefficient (Wildman–Crippen LogP) is 2.35. The summed E-state index contributed by atoms with van der Waals surface area (Å²) in [6.07, 6.45) is 0.326. The smallest absolute Gasteiger partial charge is 0.278 e. The van der Waals surface area contributed by atoms with Gasteiger partial charge in [-0.3, -0.25) is 9.48 Å². The fraction of sp³-hybridized carbons (Fsp3) is 0.333. The SMILES string of the molecule is COCc1noc(-c2nn(C)c3c2CN(C(=O)Cc2ccc(Cl)cc2)C3)n1. The lowest BCUT2D eigenvalue weighted by atomic mass is 10.1. The number of hydrogen-bond donors (Lipinski definition) is 0. The highest BCUT2D eigenvalue weighted by Crippen LogP contribution is 2.31. The molecule has 0 bridgehead atoms. The zero-order chi connectivity index (χ0) is 19.0. The van der Waals surface area contributed by atoms with E-state index in [4.69, 9.17) is 20.9 Å². The van der Waals surface area contributed by atoms with Crippen LogP contribution in [0.2, 0.25) is 5.02 Å². The van der Waals surface area contributed by atoms with Crippen LogP contribution in [0.5, 0.6) is 0 Å². The molecule has 0 unspecified atom stereocenters. The van der Waals surface area contributed by atoms with E-state index in [2.05, 4.69) is 15.2 Å². The fourth-order valence-corrected chi connectivity index (χ4v) is 3.29. The number of carbonyl (C=O) groups excluding carboxylic acids is 1. The molecule has 4 rings (SSSR count). The molecule has 0 saturated heterocycles. The van der Waals surface area contributed by atoms with Gasteiger partial charge in [0.1, 0.15) is 6.61 Å². The van der Waals surface area contributed by atoms with Crippen LogP contribution in [0.4, 0.5) is 0 Å². The van der Waals surface area contributed by atoms with E-state index in [-0.39, 0.29) is 12.5 Å². The molecule has 140 valence electrons. The number of nitrogens with zero attached hydrogens (tertiary/aromatic N) is 5. The van der Waals surface area contributed by atoms with E-state index >= 15 is 0 Å². The van der Waals surface area contributed by atoms with Crippen LogP contribution in [0.25, 0.3) is 11.6 Å². The van der Waals surface area contributed by atoms with Crippen molar-refractivity contribution in [1.29, 1.82) is 0 Å². The van der Waals surface area contributed by atoms with Gasteiger partial charge in [-0.05, 0) is 17.7 Å². The molecule has 1 amide bonds. The van der Waals surface area contributed by atoms with Gasteiger partial charge in [-0.1, -0.05) is 28.9 Å². The lowest BCUT2D eigenvalue weighted by molar-refractivity contribution is -0.131. The number of carbonyl (C=O) groups is 1. The van der Waals surface area contributed by atoms with Crippen LogP contribution in [0.3, 0.4) is 0 Å². The largest absolute Gasteiger partial charge is 0.377 e. The van der Waals surface area contributed by atoms with Gasteiger partial charge < -0.3 is 14.2 Å². The van der Waals surface area contributed by atoms with Crippen molar-refractivity contribution in [1.82, 2.24) is 24.8 Å². The average Bonchev–Trinajstić information content (AvgIpc) is 3.34. The Balaban J connectivity index is 1.52. The first-order valence-electron chi connectivity index (χ1n) is 8.44. The molecule has 9 heteroatoms. The second-order valence-electron chi connectivity index (χ2n) is 6.40. The van der Waals surface area contributed by atoms with E-state index in [9.17, 15) is 4.79 Å². The lowest BCUT2D eigenvalue weighted by Gasteiger charge is -2.16. The number of ether oxygens (including phenoxy) is 1. The first-order chi connectivity index (χ1) is 13.0. The number of amides is 1. The van der Waals surface area contributed by atoms with Crippen LogP contribution in [-0.4, -0.2) is 37.8 Å². The molecule has 0 fully saturated rings. The average molecular weight is 388 g/mol. The van der Waals surface area contributed by atoms with Crippen molar-refractivity contribution in [3.63, 3.8) is 0 Å². The van der Waals surface area contributed by atoms with E-state index in [1.165, 1.54) is 0 Å². The van der Waals surface area contributed by atoms with Gasteiger partial charge >= 0.3 is 0 Å². The summed E-state index contributed by atoms with van der Waals surface area (Å²) in [5.74, 6) is 0.844. The maximum atomic E-state index is 12.7. The maximum absolute atomic E-state index is 12.7. The quantitative estimate of drug-likeness (QED) is 0.668. The molecular weight excluding hydrogens is 370 g/mol. The van der Waals surface area contributed by atoms with Crippen molar-refractivity contribution < 1.29 is 14.1 Å². The van der Waals surface area contributed by atoms with Crippen molar-refractivity contribution in [2.45, 2.75) is 26.1 Å². The number of aromatic nitrogens is 4. The maximum Gasteiger partial charge on any atom is 0.278 e.